The van der Waals surface area contributed by atoms with Gasteiger partial charge in [-0.3, -0.25) is 9.78 Å². The van der Waals surface area contributed by atoms with E-state index < -0.39 is 0 Å². The highest BCUT2D eigenvalue weighted by Crippen LogP contribution is 2.33. The van der Waals surface area contributed by atoms with E-state index in [1.165, 1.54) is 5.69 Å². The lowest BCUT2D eigenvalue weighted by atomic mass is 9.99. The van der Waals surface area contributed by atoms with Gasteiger partial charge in [0.05, 0.1) is 5.56 Å². The molecule has 4 heteroatoms. The van der Waals surface area contributed by atoms with Gasteiger partial charge in [-0.25, -0.2) is 0 Å². The summed E-state index contributed by atoms with van der Waals surface area (Å²) in [6, 6.07) is 3.89. The van der Waals surface area contributed by atoms with Gasteiger partial charge in [-0.05, 0) is 25.8 Å². The third kappa shape index (κ3) is 3.06. The molecule has 2 N–H and O–H groups in total. The van der Waals surface area contributed by atoms with Gasteiger partial charge < -0.3 is 10.3 Å². The largest absolute Gasteiger partial charge is 0.366 e. The first-order valence-corrected chi connectivity index (χ1v) is 8.03. The molecule has 4 nitrogen and oxygen atoms in total. The Morgan fingerprint density at radius 2 is 2.09 bits per heavy atom. The van der Waals surface area contributed by atoms with Crippen molar-refractivity contribution in [1.29, 1.82) is 0 Å². The van der Waals surface area contributed by atoms with Crippen molar-refractivity contribution in [2.45, 2.75) is 53.0 Å². The fourth-order valence-electron chi connectivity index (χ4n) is 3.04. The van der Waals surface area contributed by atoms with Crippen molar-refractivity contribution in [3.63, 3.8) is 0 Å². The Hall–Kier alpha value is -2.10. The van der Waals surface area contributed by atoms with Crippen molar-refractivity contribution < 1.29 is 4.79 Å². The van der Waals surface area contributed by atoms with E-state index in [-0.39, 0.29) is 5.91 Å². The van der Waals surface area contributed by atoms with Crippen molar-refractivity contribution in [3.8, 4) is 11.1 Å². The molecule has 0 aliphatic heterocycles. The van der Waals surface area contributed by atoms with Crippen LogP contribution in [0, 0.1) is 6.92 Å². The van der Waals surface area contributed by atoms with Gasteiger partial charge >= 0.3 is 0 Å². The number of amides is 1. The molecule has 0 aromatic carbocycles. The molecule has 118 valence electrons. The number of aromatic nitrogens is 2. The molecule has 1 amide bonds. The zero-order valence-electron chi connectivity index (χ0n) is 13.7. The molecule has 0 fully saturated rings. The van der Waals surface area contributed by atoms with Crippen LogP contribution < -0.4 is 5.73 Å². The summed E-state index contributed by atoms with van der Waals surface area (Å²) < 4.78 is 2.27. The first-order valence-electron chi connectivity index (χ1n) is 8.03. The predicted molar refractivity (Wildman–Crippen MR) is 89.8 cm³/mol. The van der Waals surface area contributed by atoms with E-state index in [1.54, 1.807) is 6.20 Å². The Morgan fingerprint density at radius 1 is 1.32 bits per heavy atom. The van der Waals surface area contributed by atoms with Gasteiger partial charge in [0, 0.05) is 41.5 Å². The lowest BCUT2D eigenvalue weighted by molar-refractivity contribution is 0.1000. The van der Waals surface area contributed by atoms with Crippen LogP contribution in [0.4, 0.5) is 0 Å². The number of carbonyl (C=O) groups is 1. The first kappa shape index (κ1) is 16.3. The maximum absolute atomic E-state index is 12.0. The van der Waals surface area contributed by atoms with E-state index in [1.807, 2.05) is 25.3 Å². The Bertz CT molecular complexity index is 644. The lowest BCUT2D eigenvalue weighted by Gasteiger charge is -2.12. The third-order valence-electron chi connectivity index (χ3n) is 4.05. The molecular formula is C18H25N3O. The molecule has 2 aromatic heterocycles. The van der Waals surface area contributed by atoms with Gasteiger partial charge in [-0.1, -0.05) is 32.8 Å². The van der Waals surface area contributed by atoms with Crippen molar-refractivity contribution >= 4 is 5.91 Å². The quantitative estimate of drug-likeness (QED) is 0.847. The van der Waals surface area contributed by atoms with Crippen molar-refractivity contribution in [2.75, 3.05) is 0 Å². The highest BCUT2D eigenvalue weighted by Gasteiger charge is 2.24. The molecule has 0 bridgehead atoms. The fraction of sp³-hybridized carbons (Fsp3) is 0.444. The van der Waals surface area contributed by atoms with Crippen LogP contribution >= 0.6 is 0 Å². The second kappa shape index (κ2) is 7.25. The molecule has 2 rings (SSSR count). The summed E-state index contributed by atoms with van der Waals surface area (Å²) in [5.74, 6) is -0.357. The highest BCUT2D eigenvalue weighted by atomic mass is 16.1. The molecule has 0 saturated heterocycles. The average Bonchev–Trinajstić information content (AvgIpc) is 2.79. The van der Waals surface area contributed by atoms with Crippen LogP contribution in [0.3, 0.4) is 0 Å². The standard InChI is InChI=1S/C18H25N3O/c1-4-6-11-21-13(3)16(18(19)22)17(15(21)8-5-2)14-9-7-10-20-12-14/h7,9-10,12H,4-6,8,11H2,1-3H3,(H2,19,22). The number of hydrogen-bond acceptors (Lipinski definition) is 2. The molecule has 22 heavy (non-hydrogen) atoms. The summed E-state index contributed by atoms with van der Waals surface area (Å²) in [5.41, 5.74) is 10.5. The van der Waals surface area contributed by atoms with Crippen LogP contribution in [0.5, 0.6) is 0 Å². The normalized spacial score (nSPS) is 10.9. The van der Waals surface area contributed by atoms with Crippen LogP contribution in [0.25, 0.3) is 11.1 Å². The van der Waals surface area contributed by atoms with Crippen LogP contribution in [0.15, 0.2) is 24.5 Å². The predicted octanol–water partition coefficient (Wildman–Crippen LogP) is 3.71. The molecule has 0 radical (unpaired) electrons. The SMILES string of the molecule is CCCCn1c(C)c(C(N)=O)c(-c2cccnc2)c1CCC. The minimum Gasteiger partial charge on any atom is -0.366 e. The van der Waals surface area contributed by atoms with Crippen molar-refractivity contribution in [3.05, 3.63) is 41.5 Å². The molecule has 0 aliphatic rings. The summed E-state index contributed by atoms with van der Waals surface area (Å²) in [7, 11) is 0. The Labute approximate surface area is 132 Å². The molecule has 0 aliphatic carbocycles. The molecule has 0 spiro atoms. The van der Waals surface area contributed by atoms with E-state index >= 15 is 0 Å². The van der Waals surface area contributed by atoms with Gasteiger partial charge in [0.15, 0.2) is 0 Å². The van der Waals surface area contributed by atoms with Crippen LogP contribution in [0.2, 0.25) is 0 Å². The number of nitrogens with two attached hydrogens (primary N) is 1. The molecular weight excluding hydrogens is 274 g/mol. The lowest BCUT2D eigenvalue weighted by Crippen LogP contribution is -2.13. The molecule has 2 aromatic rings. The number of primary amides is 1. The third-order valence-corrected chi connectivity index (χ3v) is 4.05. The summed E-state index contributed by atoms with van der Waals surface area (Å²) in [4.78, 5) is 16.3. The second-order valence-electron chi connectivity index (χ2n) is 5.64. The Balaban J connectivity index is 2.69. The van der Waals surface area contributed by atoms with Gasteiger partial charge in [0.25, 0.3) is 5.91 Å². The molecule has 0 saturated carbocycles. The van der Waals surface area contributed by atoms with Crippen molar-refractivity contribution in [1.82, 2.24) is 9.55 Å². The maximum Gasteiger partial charge on any atom is 0.251 e. The van der Waals surface area contributed by atoms with Crippen molar-refractivity contribution in [2.24, 2.45) is 5.73 Å². The summed E-state index contributed by atoms with van der Waals surface area (Å²) in [6.07, 6.45) is 7.73. The van der Waals surface area contributed by atoms with E-state index in [0.717, 1.165) is 49.0 Å². The van der Waals surface area contributed by atoms with E-state index in [4.69, 9.17) is 5.73 Å². The smallest absolute Gasteiger partial charge is 0.251 e. The number of hydrogen-bond donors (Lipinski definition) is 1. The summed E-state index contributed by atoms with van der Waals surface area (Å²) >= 11 is 0. The number of pyridine rings is 1. The number of rotatable bonds is 7. The Morgan fingerprint density at radius 3 is 2.64 bits per heavy atom. The number of carbonyl (C=O) groups excluding carboxylic acids is 1. The van der Waals surface area contributed by atoms with Gasteiger partial charge in [0.1, 0.15) is 0 Å². The summed E-state index contributed by atoms with van der Waals surface area (Å²) in [6.45, 7) is 7.26. The fourth-order valence-corrected chi connectivity index (χ4v) is 3.04. The first-order chi connectivity index (χ1) is 10.6. The molecule has 2 heterocycles. The van der Waals surface area contributed by atoms with Crippen LogP contribution in [0.1, 0.15) is 54.9 Å². The average molecular weight is 299 g/mol. The van der Waals surface area contributed by atoms with E-state index in [9.17, 15) is 4.79 Å². The van der Waals surface area contributed by atoms with Crippen LogP contribution in [-0.4, -0.2) is 15.5 Å². The van der Waals surface area contributed by atoms with E-state index in [2.05, 4.69) is 23.4 Å². The molecule has 0 atom stereocenters. The second-order valence-corrected chi connectivity index (χ2v) is 5.64. The maximum atomic E-state index is 12.0. The molecule has 0 unspecified atom stereocenters. The van der Waals surface area contributed by atoms with Gasteiger partial charge in [-0.2, -0.15) is 0 Å². The summed E-state index contributed by atoms with van der Waals surface area (Å²) in [5, 5.41) is 0. The minimum atomic E-state index is -0.357. The van der Waals surface area contributed by atoms with Crippen LogP contribution in [-0.2, 0) is 13.0 Å². The minimum absolute atomic E-state index is 0.357. The monoisotopic (exact) mass is 299 g/mol. The number of unbranched alkanes of at least 4 members (excludes halogenated alkanes) is 1. The number of nitrogens with zero attached hydrogens (tertiary/aromatic N) is 2. The zero-order chi connectivity index (χ0) is 16.1. The Kier molecular flexibility index (Phi) is 5.36. The van der Waals surface area contributed by atoms with E-state index in [0.29, 0.717) is 5.56 Å². The van der Waals surface area contributed by atoms with Gasteiger partial charge in [0.2, 0.25) is 0 Å². The topological polar surface area (TPSA) is 60.9 Å². The van der Waals surface area contributed by atoms with Gasteiger partial charge in [-0.15, -0.1) is 0 Å². The highest BCUT2D eigenvalue weighted by molar-refractivity contribution is 6.02. The zero-order valence-corrected chi connectivity index (χ0v) is 13.7.